The normalized spacial score (nSPS) is 12.4. The number of pyridine rings is 1. The molecule has 2 rings (SSSR count). The van der Waals surface area contributed by atoms with E-state index in [-0.39, 0.29) is 12.0 Å². The molecule has 0 radical (unpaired) electrons. The van der Waals surface area contributed by atoms with Gasteiger partial charge in [-0.2, -0.15) is 0 Å². The molecular formula is C12H14Cl2N2O. The molecule has 0 unspecified atom stereocenters. The van der Waals surface area contributed by atoms with Crippen LogP contribution in [0, 0.1) is 0 Å². The molecule has 0 aliphatic rings. The fourth-order valence-electron chi connectivity index (χ4n) is 1.87. The number of aliphatic hydroxyl groups is 1. The fourth-order valence-corrected chi connectivity index (χ4v) is 2.39. The Balaban J connectivity index is 2.85. The monoisotopic (exact) mass is 272 g/mol. The van der Waals surface area contributed by atoms with Crippen molar-refractivity contribution in [2.24, 2.45) is 0 Å². The van der Waals surface area contributed by atoms with Crippen molar-refractivity contribution in [3.05, 3.63) is 33.7 Å². The van der Waals surface area contributed by atoms with Crippen LogP contribution in [-0.4, -0.2) is 14.5 Å². The van der Waals surface area contributed by atoms with Gasteiger partial charge in [0.25, 0.3) is 0 Å². The van der Waals surface area contributed by atoms with Crippen molar-refractivity contribution in [3.63, 3.8) is 0 Å². The van der Waals surface area contributed by atoms with Crippen LogP contribution in [0.2, 0.25) is 10.0 Å². The summed E-state index contributed by atoms with van der Waals surface area (Å²) in [6.45, 7) is 6.04. The maximum atomic E-state index is 9.50. The first-order chi connectivity index (χ1) is 7.84. The van der Waals surface area contributed by atoms with Crippen LogP contribution in [-0.2, 0) is 12.0 Å². The molecule has 1 N–H and O–H groups in total. The van der Waals surface area contributed by atoms with Gasteiger partial charge in [0, 0.05) is 11.6 Å². The zero-order chi connectivity index (χ0) is 12.8. The van der Waals surface area contributed by atoms with Gasteiger partial charge in [-0.25, -0.2) is 4.98 Å². The van der Waals surface area contributed by atoms with E-state index >= 15 is 0 Å². The van der Waals surface area contributed by atoms with Gasteiger partial charge in [-0.3, -0.25) is 4.40 Å². The molecule has 2 aromatic rings. The molecule has 0 bridgehead atoms. The number of nitrogens with zero attached hydrogens (tertiary/aromatic N) is 2. The lowest BCUT2D eigenvalue weighted by molar-refractivity contribution is 0.272. The number of hydrogen-bond donors (Lipinski definition) is 1. The van der Waals surface area contributed by atoms with Gasteiger partial charge in [-0.1, -0.05) is 44.0 Å². The van der Waals surface area contributed by atoms with Crippen LogP contribution in [0.5, 0.6) is 0 Å². The van der Waals surface area contributed by atoms with Crippen molar-refractivity contribution in [1.82, 2.24) is 9.38 Å². The highest BCUT2D eigenvalue weighted by Gasteiger charge is 2.24. The summed E-state index contributed by atoms with van der Waals surface area (Å²) in [4.78, 5) is 4.51. The lowest BCUT2D eigenvalue weighted by atomic mass is 9.91. The van der Waals surface area contributed by atoms with Crippen molar-refractivity contribution < 1.29 is 5.11 Å². The zero-order valence-corrected chi connectivity index (χ0v) is 11.5. The quantitative estimate of drug-likeness (QED) is 0.864. The number of aliphatic hydroxyl groups excluding tert-OH is 1. The lowest BCUT2D eigenvalue weighted by Crippen LogP contribution is -2.14. The Labute approximate surface area is 110 Å². The standard InChI is InChI=1S/C12H14Cl2N2O/c1-12(2,3)10-9(6-17)16-5-7(13)4-8(14)11(16)15-10/h4-5,17H,6H2,1-3H3. The molecule has 0 aliphatic carbocycles. The maximum absolute atomic E-state index is 9.50. The summed E-state index contributed by atoms with van der Waals surface area (Å²) in [7, 11) is 0. The van der Waals surface area contributed by atoms with E-state index in [9.17, 15) is 5.11 Å². The Morgan fingerprint density at radius 1 is 1.35 bits per heavy atom. The fraction of sp³-hybridized carbons (Fsp3) is 0.417. The van der Waals surface area contributed by atoms with Crippen molar-refractivity contribution in [2.45, 2.75) is 32.8 Å². The average molecular weight is 273 g/mol. The van der Waals surface area contributed by atoms with E-state index in [4.69, 9.17) is 23.2 Å². The van der Waals surface area contributed by atoms with Crippen molar-refractivity contribution >= 4 is 28.8 Å². The summed E-state index contributed by atoms with van der Waals surface area (Å²) in [6.07, 6.45) is 1.72. The van der Waals surface area contributed by atoms with Gasteiger partial charge in [0.2, 0.25) is 0 Å². The minimum atomic E-state index is -0.153. The van der Waals surface area contributed by atoms with Crippen molar-refractivity contribution in [2.75, 3.05) is 0 Å². The molecule has 0 atom stereocenters. The van der Waals surface area contributed by atoms with E-state index in [2.05, 4.69) is 4.98 Å². The van der Waals surface area contributed by atoms with Crippen LogP contribution in [0.3, 0.4) is 0 Å². The van der Waals surface area contributed by atoms with E-state index in [1.54, 1.807) is 16.7 Å². The Morgan fingerprint density at radius 2 is 2.00 bits per heavy atom. The zero-order valence-electron chi connectivity index (χ0n) is 9.96. The third-order valence-corrected chi connectivity index (χ3v) is 3.09. The lowest BCUT2D eigenvalue weighted by Gasteiger charge is -2.16. The molecule has 0 fully saturated rings. The van der Waals surface area contributed by atoms with E-state index < -0.39 is 0 Å². The van der Waals surface area contributed by atoms with Gasteiger partial charge in [-0.15, -0.1) is 0 Å². The number of halogens is 2. The van der Waals surface area contributed by atoms with E-state index in [1.807, 2.05) is 20.8 Å². The third kappa shape index (κ3) is 2.15. The topological polar surface area (TPSA) is 37.5 Å². The molecule has 2 heterocycles. The first kappa shape index (κ1) is 12.7. The molecule has 5 heteroatoms. The molecule has 0 aromatic carbocycles. The summed E-state index contributed by atoms with van der Waals surface area (Å²) in [5, 5.41) is 10.5. The highest BCUT2D eigenvalue weighted by atomic mass is 35.5. The smallest absolute Gasteiger partial charge is 0.156 e. The molecule has 0 saturated carbocycles. The summed E-state index contributed by atoms with van der Waals surface area (Å²) in [5.74, 6) is 0. The van der Waals surface area contributed by atoms with Gasteiger partial charge in [-0.05, 0) is 6.07 Å². The highest BCUT2D eigenvalue weighted by Crippen LogP contribution is 2.30. The highest BCUT2D eigenvalue weighted by molar-refractivity contribution is 6.36. The summed E-state index contributed by atoms with van der Waals surface area (Å²) >= 11 is 12.1. The second-order valence-electron chi connectivity index (χ2n) is 5.02. The van der Waals surface area contributed by atoms with Gasteiger partial charge in [0.1, 0.15) is 0 Å². The third-order valence-electron chi connectivity index (χ3n) is 2.60. The Hall–Kier alpha value is -0.770. The minimum absolute atomic E-state index is 0.0928. The number of hydrogen-bond acceptors (Lipinski definition) is 2. The van der Waals surface area contributed by atoms with Crippen molar-refractivity contribution in [1.29, 1.82) is 0 Å². The van der Waals surface area contributed by atoms with Gasteiger partial charge in [0.05, 0.1) is 28.0 Å². The van der Waals surface area contributed by atoms with Crippen LogP contribution in [0.15, 0.2) is 12.3 Å². The first-order valence-corrected chi connectivity index (χ1v) is 6.07. The molecule has 3 nitrogen and oxygen atoms in total. The van der Waals surface area contributed by atoms with E-state index in [0.717, 1.165) is 11.4 Å². The van der Waals surface area contributed by atoms with E-state index in [1.165, 1.54) is 0 Å². The molecule has 0 amide bonds. The number of rotatable bonds is 1. The van der Waals surface area contributed by atoms with Gasteiger partial charge >= 0.3 is 0 Å². The first-order valence-electron chi connectivity index (χ1n) is 5.32. The predicted molar refractivity (Wildman–Crippen MR) is 69.8 cm³/mol. The number of imidazole rings is 1. The summed E-state index contributed by atoms with van der Waals surface area (Å²) in [5.41, 5.74) is 2.05. The van der Waals surface area contributed by atoms with Crippen LogP contribution in [0.25, 0.3) is 5.65 Å². The Kier molecular flexibility index (Phi) is 3.10. The van der Waals surface area contributed by atoms with Crippen LogP contribution >= 0.6 is 23.2 Å². The maximum Gasteiger partial charge on any atom is 0.156 e. The molecule has 0 aliphatic heterocycles. The van der Waals surface area contributed by atoms with Crippen molar-refractivity contribution in [3.8, 4) is 0 Å². The molecule has 17 heavy (non-hydrogen) atoms. The molecule has 92 valence electrons. The van der Waals surface area contributed by atoms with Gasteiger partial charge < -0.3 is 5.11 Å². The molecule has 2 aromatic heterocycles. The molecular weight excluding hydrogens is 259 g/mol. The molecule has 0 spiro atoms. The van der Waals surface area contributed by atoms with Crippen LogP contribution in [0.4, 0.5) is 0 Å². The summed E-state index contributed by atoms with van der Waals surface area (Å²) < 4.78 is 1.76. The number of fused-ring (bicyclic) bond motifs is 1. The number of aromatic nitrogens is 2. The summed E-state index contributed by atoms with van der Waals surface area (Å²) in [6, 6.07) is 1.65. The molecule has 0 saturated heterocycles. The second kappa shape index (κ2) is 4.16. The minimum Gasteiger partial charge on any atom is -0.390 e. The second-order valence-corrected chi connectivity index (χ2v) is 5.86. The van der Waals surface area contributed by atoms with Crippen LogP contribution in [0.1, 0.15) is 32.2 Å². The SMILES string of the molecule is CC(C)(C)c1nc2c(Cl)cc(Cl)cn2c1CO. The van der Waals surface area contributed by atoms with E-state index in [0.29, 0.717) is 15.7 Å². The average Bonchev–Trinajstić information content (AvgIpc) is 2.55. The van der Waals surface area contributed by atoms with Gasteiger partial charge in [0.15, 0.2) is 5.65 Å². The Bertz CT molecular complexity index is 570. The Morgan fingerprint density at radius 3 is 2.53 bits per heavy atom. The largest absolute Gasteiger partial charge is 0.390 e. The predicted octanol–water partition coefficient (Wildman–Crippen LogP) is 3.43. The van der Waals surface area contributed by atoms with Crippen LogP contribution < -0.4 is 0 Å².